The van der Waals surface area contributed by atoms with Gasteiger partial charge in [-0.2, -0.15) is 0 Å². The minimum atomic E-state index is -3.57. The normalized spacial score (nSPS) is 12.1. The Morgan fingerprint density at radius 3 is 2.15 bits per heavy atom. The van der Waals surface area contributed by atoms with Crippen molar-refractivity contribution < 1.29 is 22.4 Å². The summed E-state index contributed by atoms with van der Waals surface area (Å²) in [6.07, 6.45) is 2.20. The molecule has 0 heterocycles. The van der Waals surface area contributed by atoms with Crippen molar-refractivity contribution in [3.05, 3.63) is 101 Å². The molecule has 0 aliphatic heterocycles. The predicted molar refractivity (Wildman–Crippen MR) is 150 cm³/mol. The van der Waals surface area contributed by atoms with E-state index in [1.165, 1.54) is 29.2 Å². The SMILES string of the molecule is CCCCNC(=O)[C@@H](c1ccccc1)N(Cc1ccc(F)cc1)C(=O)CCc1ccc(S(=O)(=O)NCC)cc1. The molecule has 0 radical (unpaired) electrons. The molecule has 3 aromatic rings. The van der Waals surface area contributed by atoms with Crippen molar-refractivity contribution in [2.24, 2.45) is 0 Å². The van der Waals surface area contributed by atoms with Gasteiger partial charge in [0.1, 0.15) is 11.9 Å². The quantitative estimate of drug-likeness (QED) is 0.282. The number of nitrogens with zero attached hydrogens (tertiary/aromatic N) is 1. The minimum Gasteiger partial charge on any atom is -0.354 e. The first-order chi connectivity index (χ1) is 18.7. The van der Waals surface area contributed by atoms with Crippen molar-refractivity contribution in [1.82, 2.24) is 14.9 Å². The van der Waals surface area contributed by atoms with Gasteiger partial charge in [0.15, 0.2) is 0 Å². The molecule has 0 saturated carbocycles. The fourth-order valence-electron chi connectivity index (χ4n) is 4.21. The third-order valence-electron chi connectivity index (χ3n) is 6.29. The number of carbonyl (C=O) groups excluding carboxylic acids is 2. The molecule has 0 bridgehead atoms. The van der Waals surface area contributed by atoms with Crippen LogP contribution in [0.5, 0.6) is 0 Å². The van der Waals surface area contributed by atoms with E-state index in [4.69, 9.17) is 0 Å². The lowest BCUT2D eigenvalue weighted by Crippen LogP contribution is -2.43. The van der Waals surface area contributed by atoms with Gasteiger partial charge in [-0.05, 0) is 53.8 Å². The molecule has 2 amide bonds. The number of unbranched alkanes of at least 4 members (excludes halogenated alkanes) is 1. The second kappa shape index (κ2) is 14.6. The smallest absolute Gasteiger partial charge is 0.247 e. The molecular weight excluding hydrogens is 517 g/mol. The molecule has 0 aliphatic carbocycles. The van der Waals surface area contributed by atoms with Gasteiger partial charge in [-0.25, -0.2) is 17.5 Å². The summed E-state index contributed by atoms with van der Waals surface area (Å²) < 4.78 is 40.5. The van der Waals surface area contributed by atoms with Gasteiger partial charge >= 0.3 is 0 Å². The highest BCUT2D eigenvalue weighted by Gasteiger charge is 2.31. The molecule has 208 valence electrons. The van der Waals surface area contributed by atoms with Gasteiger partial charge in [0.2, 0.25) is 21.8 Å². The van der Waals surface area contributed by atoms with Crippen LogP contribution >= 0.6 is 0 Å². The summed E-state index contributed by atoms with van der Waals surface area (Å²) in [5.74, 6) is -0.903. The summed E-state index contributed by atoms with van der Waals surface area (Å²) in [6.45, 7) is 4.66. The lowest BCUT2D eigenvalue weighted by Gasteiger charge is -2.32. The summed E-state index contributed by atoms with van der Waals surface area (Å²) in [4.78, 5) is 28.8. The predicted octanol–water partition coefficient (Wildman–Crippen LogP) is 4.74. The number of benzene rings is 3. The van der Waals surface area contributed by atoms with Crippen LogP contribution in [0.15, 0.2) is 83.8 Å². The molecule has 0 fully saturated rings. The van der Waals surface area contributed by atoms with Crippen LogP contribution in [0, 0.1) is 5.82 Å². The van der Waals surface area contributed by atoms with Crippen LogP contribution in [0.2, 0.25) is 0 Å². The van der Waals surface area contributed by atoms with E-state index in [2.05, 4.69) is 10.0 Å². The van der Waals surface area contributed by atoms with Crippen LogP contribution in [-0.2, 0) is 32.6 Å². The first-order valence-corrected chi connectivity index (χ1v) is 14.7. The third kappa shape index (κ3) is 8.73. The maximum atomic E-state index is 13.7. The highest BCUT2D eigenvalue weighted by molar-refractivity contribution is 7.89. The van der Waals surface area contributed by atoms with Crippen LogP contribution in [0.4, 0.5) is 4.39 Å². The van der Waals surface area contributed by atoms with E-state index in [1.54, 1.807) is 31.2 Å². The average Bonchev–Trinajstić information content (AvgIpc) is 2.93. The monoisotopic (exact) mass is 553 g/mol. The molecule has 1 atom stereocenters. The zero-order valence-corrected chi connectivity index (χ0v) is 23.2. The fraction of sp³-hybridized carbons (Fsp3) is 0.333. The second-order valence-electron chi connectivity index (χ2n) is 9.25. The number of amides is 2. The summed E-state index contributed by atoms with van der Waals surface area (Å²) >= 11 is 0. The number of carbonyl (C=O) groups is 2. The molecule has 39 heavy (non-hydrogen) atoms. The fourth-order valence-corrected chi connectivity index (χ4v) is 5.25. The highest BCUT2D eigenvalue weighted by Crippen LogP contribution is 2.25. The molecule has 0 aliphatic rings. The standard InChI is InChI=1S/C30H36FN3O4S/c1-3-5-21-32-30(36)29(25-9-7-6-8-10-25)34(22-24-11-16-26(31)17-12-24)28(35)20-15-23-13-18-27(19-14-23)39(37,38)33-4-2/h6-14,16-19,29,33H,3-5,15,20-22H2,1-2H3,(H,32,36)/t29-/m1/s1. The summed E-state index contributed by atoms with van der Waals surface area (Å²) in [7, 11) is -3.57. The van der Waals surface area contributed by atoms with Crippen LogP contribution in [0.3, 0.4) is 0 Å². The van der Waals surface area contributed by atoms with Gasteiger partial charge in [0.25, 0.3) is 0 Å². The largest absolute Gasteiger partial charge is 0.354 e. The van der Waals surface area contributed by atoms with Crippen molar-refractivity contribution in [1.29, 1.82) is 0 Å². The summed E-state index contributed by atoms with van der Waals surface area (Å²) in [5, 5.41) is 2.96. The van der Waals surface area contributed by atoms with Gasteiger partial charge in [0, 0.05) is 26.1 Å². The molecule has 7 nitrogen and oxygen atoms in total. The Morgan fingerprint density at radius 2 is 1.54 bits per heavy atom. The average molecular weight is 554 g/mol. The molecule has 0 saturated heterocycles. The Balaban J connectivity index is 1.87. The molecular formula is C30H36FN3O4S. The van der Waals surface area contributed by atoms with Crippen LogP contribution < -0.4 is 10.0 Å². The van der Waals surface area contributed by atoms with E-state index in [0.29, 0.717) is 24.1 Å². The van der Waals surface area contributed by atoms with Crippen LogP contribution in [0.25, 0.3) is 0 Å². The first kappa shape index (κ1) is 30.0. The number of nitrogens with one attached hydrogen (secondary N) is 2. The van der Waals surface area contributed by atoms with E-state index in [0.717, 1.165) is 18.4 Å². The molecule has 9 heteroatoms. The maximum Gasteiger partial charge on any atom is 0.247 e. The van der Waals surface area contributed by atoms with Crippen molar-refractivity contribution in [2.45, 2.75) is 57.0 Å². The third-order valence-corrected chi connectivity index (χ3v) is 7.85. The van der Waals surface area contributed by atoms with E-state index in [-0.39, 0.29) is 42.0 Å². The summed E-state index contributed by atoms with van der Waals surface area (Å²) in [6, 6.07) is 20.6. The number of rotatable bonds is 14. The van der Waals surface area contributed by atoms with Crippen LogP contribution in [0.1, 0.15) is 55.8 Å². The highest BCUT2D eigenvalue weighted by atomic mass is 32.2. The van der Waals surface area contributed by atoms with Crippen molar-refractivity contribution in [2.75, 3.05) is 13.1 Å². The molecule has 0 unspecified atom stereocenters. The lowest BCUT2D eigenvalue weighted by molar-refractivity contribution is -0.141. The number of halogens is 1. The van der Waals surface area contributed by atoms with Crippen LogP contribution in [-0.4, -0.2) is 38.2 Å². The molecule has 0 spiro atoms. The Hall–Kier alpha value is -3.56. The molecule has 3 aromatic carbocycles. The van der Waals surface area contributed by atoms with Gasteiger partial charge in [-0.15, -0.1) is 0 Å². The topological polar surface area (TPSA) is 95.6 Å². The zero-order chi connectivity index (χ0) is 28.3. The first-order valence-electron chi connectivity index (χ1n) is 13.2. The molecule has 0 aromatic heterocycles. The van der Waals surface area contributed by atoms with E-state index >= 15 is 0 Å². The Kier molecular flexibility index (Phi) is 11.2. The van der Waals surface area contributed by atoms with Crippen molar-refractivity contribution in [3.63, 3.8) is 0 Å². The van der Waals surface area contributed by atoms with Gasteiger partial charge in [0.05, 0.1) is 4.90 Å². The number of aryl methyl sites for hydroxylation is 1. The van der Waals surface area contributed by atoms with Crippen molar-refractivity contribution >= 4 is 21.8 Å². The maximum absolute atomic E-state index is 13.7. The number of hydrogen-bond acceptors (Lipinski definition) is 4. The minimum absolute atomic E-state index is 0.103. The number of sulfonamides is 1. The Labute approximate surface area is 230 Å². The Bertz CT molecular complexity index is 1310. The van der Waals surface area contributed by atoms with Gasteiger partial charge in [-0.3, -0.25) is 9.59 Å². The Morgan fingerprint density at radius 1 is 0.897 bits per heavy atom. The van der Waals surface area contributed by atoms with E-state index < -0.39 is 16.1 Å². The number of hydrogen-bond donors (Lipinski definition) is 2. The second-order valence-corrected chi connectivity index (χ2v) is 11.0. The zero-order valence-electron chi connectivity index (χ0n) is 22.4. The van der Waals surface area contributed by atoms with Gasteiger partial charge < -0.3 is 10.2 Å². The van der Waals surface area contributed by atoms with E-state index in [1.807, 2.05) is 37.3 Å². The molecule has 2 N–H and O–H groups in total. The van der Waals surface area contributed by atoms with E-state index in [9.17, 15) is 22.4 Å². The van der Waals surface area contributed by atoms with Crippen molar-refractivity contribution in [3.8, 4) is 0 Å². The van der Waals surface area contributed by atoms with Gasteiger partial charge in [-0.1, -0.05) is 74.9 Å². The molecule has 3 rings (SSSR count). The lowest BCUT2D eigenvalue weighted by atomic mass is 10.0. The summed E-state index contributed by atoms with van der Waals surface area (Å²) in [5.41, 5.74) is 2.18.